The highest BCUT2D eigenvalue weighted by molar-refractivity contribution is 7.07. The molecule has 7 nitrogen and oxygen atoms in total. The van der Waals surface area contributed by atoms with Gasteiger partial charge in [-0.05, 0) is 19.1 Å². The zero-order chi connectivity index (χ0) is 15.6. The van der Waals surface area contributed by atoms with Gasteiger partial charge in [0.05, 0.1) is 0 Å². The molecule has 0 fully saturated rings. The summed E-state index contributed by atoms with van der Waals surface area (Å²) in [4.78, 5) is 33.9. The largest absolute Gasteiger partial charge is 0.507 e. The highest BCUT2D eigenvalue weighted by atomic mass is 32.1. The molecule has 1 aromatic carbocycles. The van der Waals surface area contributed by atoms with Crippen molar-refractivity contribution in [2.24, 2.45) is 0 Å². The number of nitrogens with one attached hydrogen (secondary N) is 1. The van der Waals surface area contributed by atoms with Crippen LogP contribution in [0, 0.1) is 6.92 Å². The molecule has 0 saturated carbocycles. The van der Waals surface area contributed by atoms with E-state index >= 15 is 0 Å². The van der Waals surface area contributed by atoms with Crippen LogP contribution in [0.25, 0.3) is 0 Å². The second kappa shape index (κ2) is 5.80. The number of amides is 1. The number of hydrogen-bond donors (Lipinski definition) is 3. The van der Waals surface area contributed by atoms with Crippen LogP contribution >= 0.6 is 11.3 Å². The minimum absolute atomic E-state index is 0.143. The van der Waals surface area contributed by atoms with E-state index in [0.717, 1.165) is 17.4 Å². The lowest BCUT2D eigenvalue weighted by Gasteiger charge is -2.08. The standard InChI is InChI=1S/C13H12N2O5S/c1-7-6-21-13(20)15(7)5-11(17)14-8-2-3-9(12(18)19)10(16)4-8/h2-4,6,16H,5H2,1H3,(H,14,17)(H,18,19). The van der Waals surface area contributed by atoms with E-state index in [4.69, 9.17) is 5.11 Å². The topological polar surface area (TPSA) is 109 Å². The lowest BCUT2D eigenvalue weighted by atomic mass is 10.2. The molecular formula is C13H12N2O5S. The lowest BCUT2D eigenvalue weighted by molar-refractivity contribution is -0.116. The summed E-state index contributed by atoms with van der Waals surface area (Å²) in [6.07, 6.45) is 0. The van der Waals surface area contributed by atoms with Crippen molar-refractivity contribution < 1.29 is 19.8 Å². The number of thiazole rings is 1. The van der Waals surface area contributed by atoms with Crippen molar-refractivity contribution in [3.63, 3.8) is 0 Å². The molecule has 0 bridgehead atoms. The fraction of sp³-hybridized carbons (Fsp3) is 0.154. The number of benzene rings is 1. The van der Waals surface area contributed by atoms with Crippen LogP contribution in [0.5, 0.6) is 5.75 Å². The second-order valence-electron chi connectivity index (χ2n) is 4.31. The molecule has 0 spiro atoms. The van der Waals surface area contributed by atoms with Gasteiger partial charge in [0.15, 0.2) is 0 Å². The van der Waals surface area contributed by atoms with E-state index in [2.05, 4.69) is 5.32 Å². The summed E-state index contributed by atoms with van der Waals surface area (Å²) < 4.78 is 1.32. The van der Waals surface area contributed by atoms with E-state index in [1.807, 2.05) is 0 Å². The van der Waals surface area contributed by atoms with Crippen LogP contribution in [0.2, 0.25) is 0 Å². The first-order chi connectivity index (χ1) is 9.88. The number of anilines is 1. The summed E-state index contributed by atoms with van der Waals surface area (Å²) in [5, 5.41) is 22.5. The Morgan fingerprint density at radius 3 is 2.62 bits per heavy atom. The number of carboxylic acid groups (broad SMARTS) is 1. The quantitative estimate of drug-likeness (QED) is 0.788. The molecule has 0 radical (unpaired) electrons. The van der Waals surface area contributed by atoms with E-state index < -0.39 is 17.6 Å². The number of aromatic carboxylic acids is 1. The molecule has 0 saturated heterocycles. The maximum atomic E-state index is 11.9. The third kappa shape index (κ3) is 3.29. The van der Waals surface area contributed by atoms with E-state index in [1.54, 1.807) is 12.3 Å². The number of hydrogen-bond acceptors (Lipinski definition) is 5. The van der Waals surface area contributed by atoms with Crippen LogP contribution < -0.4 is 10.2 Å². The van der Waals surface area contributed by atoms with Gasteiger partial charge in [0.25, 0.3) is 0 Å². The minimum atomic E-state index is -1.26. The van der Waals surface area contributed by atoms with Crippen molar-refractivity contribution in [3.05, 3.63) is 44.5 Å². The third-order valence-corrected chi connectivity index (χ3v) is 3.67. The van der Waals surface area contributed by atoms with Gasteiger partial charge < -0.3 is 15.5 Å². The third-order valence-electron chi connectivity index (χ3n) is 2.79. The Morgan fingerprint density at radius 2 is 2.10 bits per heavy atom. The van der Waals surface area contributed by atoms with Gasteiger partial charge in [-0.25, -0.2) is 4.79 Å². The maximum Gasteiger partial charge on any atom is 0.339 e. The zero-order valence-corrected chi connectivity index (χ0v) is 11.8. The van der Waals surface area contributed by atoms with Crippen LogP contribution in [0.15, 0.2) is 28.4 Å². The Morgan fingerprint density at radius 1 is 1.38 bits per heavy atom. The Hall–Kier alpha value is -2.61. The van der Waals surface area contributed by atoms with Crippen LogP contribution in [0.1, 0.15) is 16.1 Å². The molecule has 0 unspecified atom stereocenters. The number of aromatic hydroxyl groups is 1. The fourth-order valence-corrected chi connectivity index (χ4v) is 2.46. The molecule has 110 valence electrons. The number of carboxylic acids is 1. The van der Waals surface area contributed by atoms with Gasteiger partial charge >= 0.3 is 10.8 Å². The molecule has 0 aliphatic rings. The first kappa shape index (κ1) is 14.8. The lowest BCUT2D eigenvalue weighted by Crippen LogP contribution is -2.25. The average Bonchev–Trinajstić information content (AvgIpc) is 2.70. The van der Waals surface area contributed by atoms with Gasteiger partial charge in [-0.1, -0.05) is 11.3 Å². The highest BCUT2D eigenvalue weighted by Crippen LogP contribution is 2.21. The summed E-state index contributed by atoms with van der Waals surface area (Å²) in [5.74, 6) is -2.14. The summed E-state index contributed by atoms with van der Waals surface area (Å²) >= 11 is 1.01. The molecule has 21 heavy (non-hydrogen) atoms. The van der Waals surface area contributed by atoms with E-state index in [1.165, 1.54) is 16.7 Å². The molecule has 0 aliphatic carbocycles. The van der Waals surface area contributed by atoms with E-state index in [9.17, 15) is 19.5 Å². The number of rotatable bonds is 4. The monoisotopic (exact) mass is 308 g/mol. The van der Waals surface area contributed by atoms with Crippen LogP contribution in [-0.2, 0) is 11.3 Å². The van der Waals surface area contributed by atoms with E-state index in [0.29, 0.717) is 5.69 Å². The van der Waals surface area contributed by atoms with Crippen molar-refractivity contribution in [2.75, 3.05) is 5.32 Å². The number of aryl methyl sites for hydroxylation is 1. The first-order valence-electron chi connectivity index (χ1n) is 5.89. The van der Waals surface area contributed by atoms with Crippen LogP contribution in [-0.4, -0.2) is 26.7 Å². The van der Waals surface area contributed by atoms with Crippen LogP contribution in [0.4, 0.5) is 5.69 Å². The first-order valence-corrected chi connectivity index (χ1v) is 6.77. The van der Waals surface area contributed by atoms with Crippen molar-refractivity contribution in [1.29, 1.82) is 0 Å². The molecule has 3 N–H and O–H groups in total. The Kier molecular flexibility index (Phi) is 4.08. The van der Waals surface area contributed by atoms with Crippen molar-refractivity contribution in [3.8, 4) is 5.75 Å². The van der Waals surface area contributed by atoms with Gasteiger partial charge in [-0.2, -0.15) is 0 Å². The molecule has 0 atom stereocenters. The summed E-state index contributed by atoms with van der Waals surface area (Å²) in [6, 6.07) is 3.70. The summed E-state index contributed by atoms with van der Waals surface area (Å²) in [7, 11) is 0. The number of carbonyl (C=O) groups excluding carboxylic acids is 1. The minimum Gasteiger partial charge on any atom is -0.507 e. The van der Waals surface area contributed by atoms with Crippen LogP contribution in [0.3, 0.4) is 0 Å². The molecular weight excluding hydrogens is 296 g/mol. The number of carbonyl (C=O) groups is 2. The predicted octanol–water partition coefficient (Wildman–Crippen LogP) is 1.26. The Bertz CT molecular complexity index is 762. The van der Waals surface area contributed by atoms with Gasteiger partial charge in [-0.3, -0.25) is 14.2 Å². The fourth-order valence-electron chi connectivity index (χ4n) is 1.73. The maximum absolute atomic E-state index is 11.9. The van der Waals surface area contributed by atoms with Gasteiger partial charge in [0.1, 0.15) is 17.9 Å². The zero-order valence-electron chi connectivity index (χ0n) is 11.0. The highest BCUT2D eigenvalue weighted by Gasteiger charge is 2.12. The number of phenols is 1. The normalized spacial score (nSPS) is 10.3. The van der Waals surface area contributed by atoms with Gasteiger partial charge in [0.2, 0.25) is 5.91 Å². The van der Waals surface area contributed by atoms with Gasteiger partial charge in [-0.15, -0.1) is 0 Å². The molecule has 2 aromatic rings. The summed E-state index contributed by atoms with van der Waals surface area (Å²) in [6.45, 7) is 1.58. The molecule has 1 aromatic heterocycles. The smallest absolute Gasteiger partial charge is 0.339 e. The predicted molar refractivity (Wildman–Crippen MR) is 77.0 cm³/mol. The van der Waals surface area contributed by atoms with Crippen molar-refractivity contribution in [2.45, 2.75) is 13.5 Å². The van der Waals surface area contributed by atoms with E-state index in [-0.39, 0.29) is 22.7 Å². The molecule has 1 amide bonds. The summed E-state index contributed by atoms with van der Waals surface area (Å²) in [5.41, 5.74) is 0.686. The Balaban J connectivity index is 2.12. The van der Waals surface area contributed by atoms with Crippen molar-refractivity contribution in [1.82, 2.24) is 4.57 Å². The molecule has 0 aliphatic heterocycles. The molecule has 8 heteroatoms. The second-order valence-corrected chi connectivity index (χ2v) is 5.14. The van der Waals surface area contributed by atoms with Crippen molar-refractivity contribution >= 4 is 28.9 Å². The SMILES string of the molecule is Cc1csc(=O)n1CC(=O)Nc1ccc(C(=O)O)c(O)c1. The molecule has 1 heterocycles. The molecule has 2 rings (SSSR count). The number of nitrogens with zero attached hydrogens (tertiary/aromatic N) is 1. The average molecular weight is 308 g/mol. The Labute approximate surface area is 123 Å². The van der Waals surface area contributed by atoms with Gasteiger partial charge in [0, 0.05) is 22.8 Å². The number of aromatic nitrogens is 1.